The zero-order valence-corrected chi connectivity index (χ0v) is 13.0. The molecule has 1 saturated heterocycles. The van der Waals surface area contributed by atoms with Crippen molar-refractivity contribution in [1.29, 1.82) is 0 Å². The van der Waals surface area contributed by atoms with Gasteiger partial charge in [-0.15, -0.1) is 0 Å². The van der Waals surface area contributed by atoms with E-state index in [0.29, 0.717) is 17.7 Å². The highest BCUT2D eigenvalue weighted by Crippen LogP contribution is 2.26. The third kappa shape index (κ3) is 3.10. The molecule has 3 rings (SSSR count). The van der Waals surface area contributed by atoms with Crippen LogP contribution in [0.15, 0.2) is 30.6 Å². The van der Waals surface area contributed by atoms with Gasteiger partial charge in [-0.05, 0) is 26.0 Å². The lowest BCUT2D eigenvalue weighted by molar-refractivity contribution is -0.0620. The van der Waals surface area contributed by atoms with Gasteiger partial charge in [0, 0.05) is 18.2 Å². The van der Waals surface area contributed by atoms with E-state index < -0.39 is 0 Å². The zero-order chi connectivity index (χ0) is 14.8. The molecule has 6 heteroatoms. The first-order valence-electron chi connectivity index (χ1n) is 7.13. The first kappa shape index (κ1) is 14.5. The number of rotatable bonds is 3. The summed E-state index contributed by atoms with van der Waals surface area (Å²) >= 11 is 6.27. The number of nitrogens with zero attached hydrogens (tertiary/aromatic N) is 4. The molecule has 0 spiro atoms. The molecule has 2 atom stereocenters. The van der Waals surface area contributed by atoms with Gasteiger partial charge in [-0.1, -0.05) is 23.7 Å². The normalized spacial score (nSPS) is 23.4. The molecule has 0 amide bonds. The summed E-state index contributed by atoms with van der Waals surface area (Å²) in [5, 5.41) is 5.04. The Kier molecular flexibility index (Phi) is 4.24. The Balaban J connectivity index is 1.84. The molecule has 0 bridgehead atoms. The second kappa shape index (κ2) is 6.13. The summed E-state index contributed by atoms with van der Waals surface area (Å²) in [5.41, 5.74) is 0.908. The number of hydrogen-bond donors (Lipinski definition) is 0. The number of morpholine rings is 1. The summed E-state index contributed by atoms with van der Waals surface area (Å²) in [7, 11) is 0. The molecule has 0 radical (unpaired) electrons. The molecule has 2 aromatic rings. The summed E-state index contributed by atoms with van der Waals surface area (Å²) in [4.78, 5) is 6.72. The van der Waals surface area contributed by atoms with Crippen molar-refractivity contribution in [2.75, 3.05) is 13.2 Å². The van der Waals surface area contributed by atoms with Crippen LogP contribution in [-0.2, 0) is 11.4 Å². The maximum absolute atomic E-state index is 6.27. The molecular formula is C15H19ClN4O. The first-order chi connectivity index (χ1) is 10.1. The Morgan fingerprint density at radius 2 is 2.14 bits per heavy atom. The summed E-state index contributed by atoms with van der Waals surface area (Å²) < 4.78 is 7.56. The van der Waals surface area contributed by atoms with Crippen molar-refractivity contribution in [3.05, 3.63) is 35.6 Å². The largest absolute Gasteiger partial charge is 0.376 e. The lowest BCUT2D eigenvalue weighted by atomic mass is 10.2. The Labute approximate surface area is 129 Å². The fraction of sp³-hybridized carbons (Fsp3) is 0.467. The summed E-state index contributed by atoms with van der Waals surface area (Å²) in [6.45, 7) is 6.59. The van der Waals surface area contributed by atoms with E-state index in [1.54, 1.807) is 6.33 Å². The molecule has 1 fully saturated rings. The topological polar surface area (TPSA) is 43.2 Å². The van der Waals surface area contributed by atoms with E-state index in [4.69, 9.17) is 16.3 Å². The fourth-order valence-electron chi connectivity index (χ4n) is 2.56. The molecule has 0 saturated carbocycles. The van der Waals surface area contributed by atoms with Crippen LogP contribution in [0.2, 0.25) is 5.02 Å². The van der Waals surface area contributed by atoms with E-state index in [1.165, 1.54) is 0 Å². The molecule has 21 heavy (non-hydrogen) atoms. The van der Waals surface area contributed by atoms with E-state index in [9.17, 15) is 0 Å². The molecule has 112 valence electrons. The lowest BCUT2D eigenvalue weighted by Crippen LogP contribution is -2.47. The first-order valence-corrected chi connectivity index (χ1v) is 7.51. The maximum atomic E-state index is 6.27. The number of aromatic nitrogens is 3. The van der Waals surface area contributed by atoms with Crippen molar-refractivity contribution in [3.8, 4) is 11.4 Å². The molecule has 2 heterocycles. The van der Waals surface area contributed by atoms with Gasteiger partial charge in [-0.2, -0.15) is 5.10 Å². The van der Waals surface area contributed by atoms with Gasteiger partial charge < -0.3 is 4.74 Å². The van der Waals surface area contributed by atoms with Gasteiger partial charge in [0.1, 0.15) is 6.33 Å². The lowest BCUT2D eigenvalue weighted by Gasteiger charge is -2.36. The van der Waals surface area contributed by atoms with Crippen LogP contribution in [0, 0.1) is 0 Å². The minimum Gasteiger partial charge on any atom is -0.376 e. The number of hydrogen-bond acceptors (Lipinski definition) is 4. The van der Waals surface area contributed by atoms with Crippen molar-refractivity contribution in [1.82, 2.24) is 19.7 Å². The van der Waals surface area contributed by atoms with Gasteiger partial charge in [0.2, 0.25) is 0 Å². The van der Waals surface area contributed by atoms with Crippen molar-refractivity contribution < 1.29 is 4.74 Å². The quantitative estimate of drug-likeness (QED) is 0.874. The van der Waals surface area contributed by atoms with Crippen molar-refractivity contribution in [2.24, 2.45) is 0 Å². The highest BCUT2D eigenvalue weighted by Gasteiger charge is 2.24. The molecule has 1 aliphatic heterocycles. The number of ether oxygens (including phenoxy) is 1. The van der Waals surface area contributed by atoms with Crippen molar-refractivity contribution in [3.63, 3.8) is 0 Å². The third-order valence-corrected chi connectivity index (χ3v) is 4.11. The molecule has 5 nitrogen and oxygen atoms in total. The molecule has 0 aliphatic carbocycles. The molecule has 2 unspecified atom stereocenters. The van der Waals surface area contributed by atoms with Gasteiger partial charge in [0.15, 0.2) is 5.82 Å². The molecular weight excluding hydrogens is 288 g/mol. The predicted molar refractivity (Wildman–Crippen MR) is 82.1 cm³/mol. The summed E-state index contributed by atoms with van der Waals surface area (Å²) in [6.07, 6.45) is 1.82. The van der Waals surface area contributed by atoms with Crippen LogP contribution in [0.5, 0.6) is 0 Å². The van der Waals surface area contributed by atoms with Gasteiger partial charge in [0.05, 0.1) is 24.4 Å². The third-order valence-electron chi connectivity index (χ3n) is 3.78. The van der Waals surface area contributed by atoms with E-state index >= 15 is 0 Å². The van der Waals surface area contributed by atoms with Crippen molar-refractivity contribution in [2.45, 2.75) is 32.7 Å². The summed E-state index contributed by atoms with van der Waals surface area (Å²) in [6, 6.07) is 8.08. The van der Waals surface area contributed by atoms with E-state index in [2.05, 4.69) is 28.8 Å². The Hall–Kier alpha value is -1.43. The van der Waals surface area contributed by atoms with Gasteiger partial charge in [-0.3, -0.25) is 4.90 Å². The van der Waals surface area contributed by atoms with Crippen LogP contribution in [0.4, 0.5) is 0 Å². The smallest absolute Gasteiger partial charge is 0.160 e. The minimum atomic E-state index is 0.244. The summed E-state index contributed by atoms with van der Waals surface area (Å²) in [5.74, 6) is 0.798. The average Bonchev–Trinajstić information content (AvgIpc) is 2.91. The second-order valence-electron chi connectivity index (χ2n) is 5.47. The van der Waals surface area contributed by atoms with E-state index in [-0.39, 0.29) is 6.10 Å². The Morgan fingerprint density at radius 3 is 2.95 bits per heavy atom. The number of benzene rings is 1. The molecule has 1 aromatic carbocycles. The van der Waals surface area contributed by atoms with E-state index in [1.807, 2.05) is 28.9 Å². The van der Waals surface area contributed by atoms with Crippen LogP contribution in [0.1, 0.15) is 13.8 Å². The van der Waals surface area contributed by atoms with Crippen molar-refractivity contribution >= 4 is 11.6 Å². The van der Waals surface area contributed by atoms with Crippen LogP contribution in [-0.4, -0.2) is 45.0 Å². The Bertz CT molecular complexity index is 615. The van der Waals surface area contributed by atoms with Crippen LogP contribution in [0.25, 0.3) is 11.4 Å². The fourth-order valence-corrected chi connectivity index (χ4v) is 2.78. The van der Waals surface area contributed by atoms with Gasteiger partial charge in [0.25, 0.3) is 0 Å². The highest BCUT2D eigenvalue weighted by molar-refractivity contribution is 6.33. The highest BCUT2D eigenvalue weighted by atomic mass is 35.5. The SMILES string of the molecule is CC1CN(Cn2ncnc2-c2ccccc2Cl)C(C)CO1. The minimum absolute atomic E-state index is 0.244. The average molecular weight is 307 g/mol. The maximum Gasteiger partial charge on any atom is 0.160 e. The second-order valence-corrected chi connectivity index (χ2v) is 5.88. The van der Waals surface area contributed by atoms with Gasteiger partial charge >= 0.3 is 0 Å². The molecule has 1 aromatic heterocycles. The van der Waals surface area contributed by atoms with E-state index in [0.717, 1.165) is 24.5 Å². The monoisotopic (exact) mass is 306 g/mol. The molecule has 0 N–H and O–H groups in total. The number of halogens is 1. The molecule has 1 aliphatic rings. The standard InChI is InChI=1S/C15H19ClN4O/c1-11-8-21-12(2)7-19(11)10-20-15(17-9-18-20)13-5-3-4-6-14(13)16/h3-6,9,11-12H,7-8,10H2,1-2H3. The van der Waals surface area contributed by atoms with Crippen LogP contribution in [0.3, 0.4) is 0 Å². The van der Waals surface area contributed by atoms with Crippen LogP contribution < -0.4 is 0 Å². The predicted octanol–water partition coefficient (Wildman–Crippen LogP) is 2.67. The zero-order valence-electron chi connectivity index (χ0n) is 12.2. The van der Waals surface area contributed by atoms with Gasteiger partial charge in [-0.25, -0.2) is 9.67 Å². The van der Waals surface area contributed by atoms with Crippen LogP contribution >= 0.6 is 11.6 Å². The Morgan fingerprint density at radius 1 is 1.33 bits per heavy atom.